The van der Waals surface area contributed by atoms with E-state index in [4.69, 9.17) is 5.11 Å². The minimum atomic E-state index is -0.313. The lowest BCUT2D eigenvalue weighted by Gasteiger charge is -2.06. The Balaban J connectivity index is 3.05. The van der Waals surface area contributed by atoms with E-state index in [0.717, 1.165) is 0 Å². The topological polar surface area (TPSA) is 94.8 Å². The van der Waals surface area contributed by atoms with Crippen molar-refractivity contribution < 1.29 is 15.0 Å². The number of carbonyl (C=O) groups excluding carboxylic acids is 1. The van der Waals surface area contributed by atoms with Gasteiger partial charge in [-0.3, -0.25) is 9.78 Å². The minimum absolute atomic E-state index is 0.0550. The number of aliphatic hydroxyl groups excluding tert-OH is 1. The Morgan fingerprint density at radius 2 is 2.38 bits per heavy atom. The molecule has 6 heteroatoms. The van der Waals surface area contributed by atoms with Gasteiger partial charge in [-0.15, -0.1) is 0 Å². The van der Waals surface area contributed by atoms with Crippen molar-refractivity contribution in [1.82, 2.24) is 10.4 Å². The molecular formula is C10H13N3O3. The molecule has 1 rings (SSSR count). The molecule has 1 aromatic heterocycles. The van der Waals surface area contributed by atoms with Crippen molar-refractivity contribution in [2.24, 2.45) is 5.10 Å². The van der Waals surface area contributed by atoms with Gasteiger partial charge in [0.2, 0.25) is 5.91 Å². The highest BCUT2D eigenvalue weighted by Gasteiger charge is 2.08. The summed E-state index contributed by atoms with van der Waals surface area (Å²) < 4.78 is 0. The van der Waals surface area contributed by atoms with Crippen molar-refractivity contribution in [1.29, 1.82) is 0 Å². The first-order valence-corrected chi connectivity index (χ1v) is 4.64. The van der Waals surface area contributed by atoms with E-state index in [1.54, 1.807) is 6.92 Å². The summed E-state index contributed by atoms with van der Waals surface area (Å²) in [6, 6.07) is 0. The maximum atomic E-state index is 10.6. The van der Waals surface area contributed by atoms with Crippen LogP contribution in [0, 0.1) is 6.92 Å². The van der Waals surface area contributed by atoms with Crippen molar-refractivity contribution >= 4 is 12.1 Å². The van der Waals surface area contributed by atoms with Crippen LogP contribution in [0.15, 0.2) is 11.3 Å². The predicted molar refractivity (Wildman–Crippen MR) is 58.0 cm³/mol. The summed E-state index contributed by atoms with van der Waals surface area (Å²) in [6.45, 7) is 2.69. The van der Waals surface area contributed by atoms with Crippen molar-refractivity contribution in [3.05, 3.63) is 23.0 Å². The van der Waals surface area contributed by atoms with E-state index in [2.05, 4.69) is 15.5 Å². The van der Waals surface area contributed by atoms with Crippen LogP contribution in [0.5, 0.6) is 5.75 Å². The third kappa shape index (κ3) is 2.77. The maximum absolute atomic E-state index is 10.6. The molecule has 0 fully saturated rings. The Morgan fingerprint density at radius 1 is 1.69 bits per heavy atom. The van der Waals surface area contributed by atoms with E-state index in [1.807, 2.05) is 0 Å². The van der Waals surface area contributed by atoms with Crippen molar-refractivity contribution in [2.75, 3.05) is 0 Å². The van der Waals surface area contributed by atoms with E-state index in [-0.39, 0.29) is 18.3 Å². The first kappa shape index (κ1) is 12.1. The summed E-state index contributed by atoms with van der Waals surface area (Å²) in [5.74, 6) is -0.368. The highest BCUT2D eigenvalue weighted by Crippen LogP contribution is 2.21. The lowest BCUT2D eigenvalue weighted by molar-refractivity contribution is -0.118. The standard InChI is InChI=1S/C10H13N3O3/c1-6-10(16)9(4-12-13-7(2)15)8(5-14)3-11-6/h3-4,14,16H,5H2,1-2H3,(H,13,15)/b12-4+. The van der Waals surface area contributed by atoms with Gasteiger partial charge in [0.1, 0.15) is 5.75 Å². The van der Waals surface area contributed by atoms with E-state index in [1.165, 1.54) is 19.3 Å². The molecule has 1 aromatic rings. The molecule has 0 aliphatic carbocycles. The fourth-order valence-electron chi connectivity index (χ4n) is 1.11. The second kappa shape index (κ2) is 5.22. The van der Waals surface area contributed by atoms with Gasteiger partial charge in [0, 0.05) is 24.2 Å². The molecule has 0 aliphatic rings. The average Bonchev–Trinajstić information content (AvgIpc) is 2.24. The van der Waals surface area contributed by atoms with Crippen LogP contribution >= 0.6 is 0 Å². The number of aromatic nitrogens is 1. The quantitative estimate of drug-likeness (QED) is 0.498. The molecule has 3 N–H and O–H groups in total. The Bertz CT molecular complexity index is 430. The molecule has 0 saturated carbocycles. The Morgan fingerprint density at radius 3 is 2.94 bits per heavy atom. The van der Waals surface area contributed by atoms with E-state index < -0.39 is 0 Å². The molecule has 0 aliphatic heterocycles. The van der Waals surface area contributed by atoms with Crippen molar-refractivity contribution in [2.45, 2.75) is 20.5 Å². The summed E-state index contributed by atoms with van der Waals surface area (Å²) in [5.41, 5.74) is 3.43. The zero-order valence-electron chi connectivity index (χ0n) is 9.06. The smallest absolute Gasteiger partial charge is 0.236 e. The summed E-state index contributed by atoms with van der Waals surface area (Å²) in [7, 11) is 0. The van der Waals surface area contributed by atoms with Crippen LogP contribution in [0.25, 0.3) is 0 Å². The molecule has 16 heavy (non-hydrogen) atoms. The number of hydrogen-bond donors (Lipinski definition) is 3. The van der Waals surface area contributed by atoms with Crippen LogP contribution in [0.4, 0.5) is 0 Å². The number of rotatable bonds is 3. The van der Waals surface area contributed by atoms with Gasteiger partial charge in [-0.05, 0) is 6.92 Å². The fourth-order valence-corrected chi connectivity index (χ4v) is 1.11. The Hall–Kier alpha value is -1.95. The van der Waals surface area contributed by atoms with Crippen LogP contribution in [0.1, 0.15) is 23.7 Å². The molecule has 86 valence electrons. The molecule has 0 atom stereocenters. The van der Waals surface area contributed by atoms with Crippen LogP contribution in [0.3, 0.4) is 0 Å². The number of pyridine rings is 1. The van der Waals surface area contributed by atoms with Gasteiger partial charge >= 0.3 is 0 Å². The first-order chi connectivity index (χ1) is 7.56. The van der Waals surface area contributed by atoms with Crippen LogP contribution in [-0.2, 0) is 11.4 Å². The molecule has 6 nitrogen and oxygen atoms in total. The second-order valence-electron chi connectivity index (χ2n) is 3.22. The molecule has 0 aromatic carbocycles. The van der Waals surface area contributed by atoms with Gasteiger partial charge in [-0.25, -0.2) is 5.43 Å². The molecule has 1 amide bonds. The van der Waals surface area contributed by atoms with Crippen LogP contribution in [-0.4, -0.2) is 27.3 Å². The predicted octanol–water partition coefficient (Wildman–Crippen LogP) is 0.0579. The van der Waals surface area contributed by atoms with Gasteiger partial charge in [0.15, 0.2) is 0 Å². The van der Waals surface area contributed by atoms with E-state index >= 15 is 0 Å². The Labute approximate surface area is 92.6 Å². The SMILES string of the molecule is CC(=O)N/N=C/c1c(CO)cnc(C)c1O. The lowest BCUT2D eigenvalue weighted by Crippen LogP contribution is -2.12. The number of aryl methyl sites for hydroxylation is 1. The molecule has 0 spiro atoms. The first-order valence-electron chi connectivity index (χ1n) is 4.64. The summed E-state index contributed by atoms with van der Waals surface area (Å²) >= 11 is 0. The summed E-state index contributed by atoms with van der Waals surface area (Å²) in [5, 5.41) is 22.4. The summed E-state index contributed by atoms with van der Waals surface area (Å²) in [4.78, 5) is 14.5. The zero-order chi connectivity index (χ0) is 12.1. The van der Waals surface area contributed by atoms with Crippen LogP contribution < -0.4 is 5.43 Å². The normalized spacial score (nSPS) is 10.7. The third-order valence-corrected chi connectivity index (χ3v) is 1.94. The molecule has 0 unspecified atom stereocenters. The van der Waals surface area contributed by atoms with Gasteiger partial charge in [-0.2, -0.15) is 5.10 Å². The van der Waals surface area contributed by atoms with E-state index in [0.29, 0.717) is 16.8 Å². The summed E-state index contributed by atoms with van der Waals surface area (Å²) in [6.07, 6.45) is 2.72. The number of hydrogen-bond acceptors (Lipinski definition) is 5. The minimum Gasteiger partial charge on any atom is -0.505 e. The van der Waals surface area contributed by atoms with Crippen molar-refractivity contribution in [3.63, 3.8) is 0 Å². The number of aromatic hydroxyl groups is 1. The second-order valence-corrected chi connectivity index (χ2v) is 3.22. The number of hydrazone groups is 1. The number of nitrogens with one attached hydrogen (secondary N) is 1. The van der Waals surface area contributed by atoms with Gasteiger partial charge < -0.3 is 10.2 Å². The number of carbonyl (C=O) groups is 1. The lowest BCUT2D eigenvalue weighted by atomic mass is 10.1. The Kier molecular flexibility index (Phi) is 3.96. The number of nitrogens with zero attached hydrogens (tertiary/aromatic N) is 2. The highest BCUT2D eigenvalue weighted by atomic mass is 16.3. The molecule has 1 heterocycles. The largest absolute Gasteiger partial charge is 0.505 e. The van der Waals surface area contributed by atoms with Gasteiger partial charge in [0.25, 0.3) is 0 Å². The highest BCUT2D eigenvalue weighted by molar-refractivity contribution is 5.86. The van der Waals surface area contributed by atoms with Gasteiger partial charge in [-0.1, -0.05) is 0 Å². The zero-order valence-corrected chi connectivity index (χ0v) is 9.06. The molecular weight excluding hydrogens is 210 g/mol. The average molecular weight is 223 g/mol. The van der Waals surface area contributed by atoms with Crippen molar-refractivity contribution in [3.8, 4) is 5.75 Å². The monoisotopic (exact) mass is 223 g/mol. The molecule has 0 saturated heterocycles. The van der Waals surface area contributed by atoms with Gasteiger partial charge in [0.05, 0.1) is 18.5 Å². The molecule has 0 bridgehead atoms. The number of aliphatic hydroxyl groups is 1. The maximum Gasteiger partial charge on any atom is 0.236 e. The fraction of sp³-hybridized carbons (Fsp3) is 0.300. The third-order valence-electron chi connectivity index (χ3n) is 1.94. The number of amides is 1. The molecule has 0 radical (unpaired) electrons. The van der Waals surface area contributed by atoms with Crippen LogP contribution in [0.2, 0.25) is 0 Å². The van der Waals surface area contributed by atoms with E-state index in [9.17, 15) is 9.90 Å².